The summed E-state index contributed by atoms with van der Waals surface area (Å²) in [6, 6.07) is 15.0. The molecule has 0 aliphatic carbocycles. The van der Waals surface area contributed by atoms with Gasteiger partial charge in [0.25, 0.3) is 5.91 Å². The molecule has 0 bridgehead atoms. The number of hydrogen-bond donors (Lipinski definition) is 1. The molecule has 6 heteroatoms. The molecular formula is C20H16ClFN2O2. The minimum atomic E-state index is -0.632. The number of pyridine rings is 1. The van der Waals surface area contributed by atoms with Crippen molar-refractivity contribution in [1.29, 1.82) is 0 Å². The molecule has 2 aromatic carbocycles. The highest BCUT2D eigenvalue weighted by molar-refractivity contribution is 6.33. The number of nitrogens with zero attached hydrogens (tertiary/aromatic N) is 1. The second kappa shape index (κ2) is 7.97. The molecule has 0 unspecified atom stereocenters. The maximum absolute atomic E-state index is 14.4. The third-order valence-corrected chi connectivity index (χ3v) is 4.14. The Morgan fingerprint density at radius 3 is 2.77 bits per heavy atom. The molecule has 0 atom stereocenters. The van der Waals surface area contributed by atoms with Crippen molar-refractivity contribution >= 4 is 17.5 Å². The number of methoxy groups -OCH3 is 1. The Morgan fingerprint density at radius 2 is 2.04 bits per heavy atom. The second-order valence-corrected chi connectivity index (χ2v) is 5.97. The topological polar surface area (TPSA) is 51.2 Å². The average Bonchev–Trinajstić information content (AvgIpc) is 2.66. The van der Waals surface area contributed by atoms with Crippen molar-refractivity contribution in [3.8, 4) is 17.0 Å². The van der Waals surface area contributed by atoms with Crippen molar-refractivity contribution in [3.63, 3.8) is 0 Å². The summed E-state index contributed by atoms with van der Waals surface area (Å²) in [7, 11) is 1.57. The molecule has 1 heterocycles. The molecule has 0 radical (unpaired) electrons. The molecule has 0 saturated heterocycles. The van der Waals surface area contributed by atoms with Gasteiger partial charge in [0, 0.05) is 18.3 Å². The number of halogens is 2. The fourth-order valence-electron chi connectivity index (χ4n) is 2.50. The van der Waals surface area contributed by atoms with E-state index in [0.29, 0.717) is 22.0 Å². The summed E-state index contributed by atoms with van der Waals surface area (Å²) in [5.41, 5.74) is 1.80. The largest absolute Gasteiger partial charge is 0.497 e. The van der Waals surface area contributed by atoms with Crippen molar-refractivity contribution in [2.75, 3.05) is 7.11 Å². The summed E-state index contributed by atoms with van der Waals surface area (Å²) in [4.78, 5) is 16.4. The fourth-order valence-corrected chi connectivity index (χ4v) is 2.74. The van der Waals surface area contributed by atoms with E-state index < -0.39 is 11.7 Å². The maximum atomic E-state index is 14.4. The van der Waals surface area contributed by atoms with E-state index in [-0.39, 0.29) is 12.1 Å². The predicted molar refractivity (Wildman–Crippen MR) is 98.8 cm³/mol. The van der Waals surface area contributed by atoms with Crippen LogP contribution in [0, 0.1) is 5.82 Å². The van der Waals surface area contributed by atoms with Gasteiger partial charge < -0.3 is 10.1 Å². The van der Waals surface area contributed by atoms with E-state index in [1.807, 2.05) is 24.3 Å². The number of carbonyl (C=O) groups excluding carboxylic acids is 1. The highest BCUT2D eigenvalue weighted by Gasteiger charge is 2.14. The van der Waals surface area contributed by atoms with Gasteiger partial charge in [0.2, 0.25) is 0 Å². The highest BCUT2D eigenvalue weighted by Crippen LogP contribution is 2.26. The van der Waals surface area contributed by atoms with E-state index >= 15 is 0 Å². The molecule has 132 valence electrons. The number of aromatic nitrogens is 1. The Hall–Kier alpha value is -2.92. The molecule has 1 amide bonds. The number of nitrogens with one attached hydrogen (secondary N) is 1. The maximum Gasteiger partial charge on any atom is 0.254 e. The lowest BCUT2D eigenvalue weighted by molar-refractivity contribution is 0.0947. The molecular weight excluding hydrogens is 355 g/mol. The quantitative estimate of drug-likeness (QED) is 0.720. The van der Waals surface area contributed by atoms with Crippen molar-refractivity contribution in [2.45, 2.75) is 6.54 Å². The van der Waals surface area contributed by atoms with Gasteiger partial charge in [0.15, 0.2) is 0 Å². The molecule has 0 fully saturated rings. The zero-order valence-corrected chi connectivity index (χ0v) is 14.8. The summed E-state index contributed by atoms with van der Waals surface area (Å²) in [6.45, 7) is 0.267. The lowest BCUT2D eigenvalue weighted by atomic mass is 10.1. The lowest BCUT2D eigenvalue weighted by Crippen LogP contribution is -2.23. The van der Waals surface area contributed by atoms with Crippen LogP contribution in [0.25, 0.3) is 11.3 Å². The van der Waals surface area contributed by atoms with Crippen LogP contribution in [0.15, 0.2) is 60.8 Å². The van der Waals surface area contributed by atoms with E-state index in [4.69, 9.17) is 16.3 Å². The first-order valence-electron chi connectivity index (χ1n) is 7.90. The standard InChI is InChI=1S/C20H16ClFN2O2/c1-26-15-5-2-4-13(10-15)12-24-20(25)16-8-7-14(11-18(16)22)19-17(21)6-3-9-23-19/h2-11H,12H2,1H3,(H,24,25). The number of amides is 1. The summed E-state index contributed by atoms with van der Waals surface area (Å²) < 4.78 is 19.6. The van der Waals surface area contributed by atoms with E-state index in [0.717, 1.165) is 5.56 Å². The van der Waals surface area contributed by atoms with Crippen LogP contribution >= 0.6 is 11.6 Å². The molecule has 26 heavy (non-hydrogen) atoms. The molecule has 1 aromatic heterocycles. The first-order valence-corrected chi connectivity index (χ1v) is 8.28. The van der Waals surface area contributed by atoms with Gasteiger partial charge in [-0.1, -0.05) is 29.8 Å². The van der Waals surface area contributed by atoms with Gasteiger partial charge in [-0.2, -0.15) is 0 Å². The Kier molecular flexibility index (Phi) is 5.49. The lowest BCUT2D eigenvalue weighted by Gasteiger charge is -2.09. The van der Waals surface area contributed by atoms with Crippen LogP contribution < -0.4 is 10.1 Å². The van der Waals surface area contributed by atoms with Gasteiger partial charge in [-0.05, 0) is 42.0 Å². The fraction of sp³-hybridized carbons (Fsp3) is 0.100. The number of ether oxygens (including phenoxy) is 1. The monoisotopic (exact) mass is 370 g/mol. The van der Waals surface area contributed by atoms with E-state index in [1.54, 1.807) is 31.5 Å². The molecule has 0 saturated carbocycles. The number of hydrogen-bond acceptors (Lipinski definition) is 3. The third-order valence-electron chi connectivity index (χ3n) is 3.83. The Morgan fingerprint density at radius 1 is 1.19 bits per heavy atom. The Balaban J connectivity index is 1.74. The van der Waals surface area contributed by atoms with E-state index in [9.17, 15) is 9.18 Å². The number of benzene rings is 2. The molecule has 1 N–H and O–H groups in total. The van der Waals surface area contributed by atoms with Crippen LogP contribution in [0.3, 0.4) is 0 Å². The van der Waals surface area contributed by atoms with Gasteiger partial charge in [0.1, 0.15) is 11.6 Å². The minimum Gasteiger partial charge on any atom is -0.497 e. The second-order valence-electron chi connectivity index (χ2n) is 5.56. The summed E-state index contributed by atoms with van der Waals surface area (Å²) in [6.07, 6.45) is 1.58. The SMILES string of the molecule is COc1cccc(CNC(=O)c2ccc(-c3ncccc3Cl)cc2F)c1. The van der Waals surface area contributed by atoms with Crippen LogP contribution in [-0.4, -0.2) is 18.0 Å². The van der Waals surface area contributed by atoms with Gasteiger partial charge in [0.05, 0.1) is 23.4 Å². The zero-order chi connectivity index (χ0) is 18.5. The van der Waals surface area contributed by atoms with Crippen molar-refractivity contribution in [1.82, 2.24) is 10.3 Å². The first-order chi connectivity index (χ1) is 12.6. The minimum absolute atomic E-state index is 0.0382. The molecule has 4 nitrogen and oxygen atoms in total. The van der Waals surface area contributed by atoms with E-state index in [1.165, 1.54) is 12.1 Å². The molecule has 3 rings (SSSR count). The van der Waals surface area contributed by atoms with Gasteiger partial charge in [-0.3, -0.25) is 9.78 Å². The van der Waals surface area contributed by atoms with Crippen molar-refractivity contribution in [3.05, 3.63) is 82.8 Å². The average molecular weight is 371 g/mol. The van der Waals surface area contributed by atoms with Gasteiger partial charge >= 0.3 is 0 Å². The first kappa shape index (κ1) is 17.9. The van der Waals surface area contributed by atoms with E-state index in [2.05, 4.69) is 10.3 Å². The molecule has 0 aliphatic heterocycles. The van der Waals surface area contributed by atoms with Gasteiger partial charge in [-0.15, -0.1) is 0 Å². The number of rotatable bonds is 5. The number of carbonyl (C=O) groups is 1. The van der Waals surface area contributed by atoms with Crippen molar-refractivity contribution in [2.24, 2.45) is 0 Å². The molecule has 3 aromatic rings. The van der Waals surface area contributed by atoms with Crippen LogP contribution in [0.1, 0.15) is 15.9 Å². The van der Waals surface area contributed by atoms with Crippen LogP contribution in [0.5, 0.6) is 5.75 Å². The smallest absolute Gasteiger partial charge is 0.254 e. The summed E-state index contributed by atoms with van der Waals surface area (Å²) >= 11 is 6.08. The van der Waals surface area contributed by atoms with Crippen LogP contribution in [-0.2, 0) is 6.54 Å². The molecule has 0 aliphatic rings. The summed E-state index contributed by atoms with van der Waals surface area (Å²) in [5.74, 6) is -0.434. The third kappa shape index (κ3) is 4.00. The Bertz CT molecular complexity index is 947. The predicted octanol–water partition coefficient (Wildman–Crippen LogP) is 4.48. The molecule has 0 spiro atoms. The van der Waals surface area contributed by atoms with Crippen LogP contribution in [0.4, 0.5) is 4.39 Å². The van der Waals surface area contributed by atoms with Gasteiger partial charge in [-0.25, -0.2) is 4.39 Å². The Labute approximate surface area is 155 Å². The normalized spacial score (nSPS) is 10.4. The zero-order valence-electron chi connectivity index (χ0n) is 14.0. The van der Waals surface area contributed by atoms with Crippen LogP contribution in [0.2, 0.25) is 5.02 Å². The summed E-state index contributed by atoms with van der Waals surface area (Å²) in [5, 5.41) is 3.12. The highest BCUT2D eigenvalue weighted by atomic mass is 35.5. The van der Waals surface area contributed by atoms with Crippen molar-refractivity contribution < 1.29 is 13.9 Å².